The molecule has 44 heavy (non-hydrogen) atoms. The number of nitrogens with zero attached hydrogens (tertiary/aromatic N) is 2. The number of thioether (sulfide) groups is 1. The number of rotatable bonds is 11. The Labute approximate surface area is 263 Å². The Balaban J connectivity index is 1.37. The zero-order valence-corrected chi connectivity index (χ0v) is 25.9. The number of aliphatic hydroxyl groups is 1. The van der Waals surface area contributed by atoms with Crippen molar-refractivity contribution in [3.8, 4) is 5.75 Å². The summed E-state index contributed by atoms with van der Waals surface area (Å²) in [5.41, 5.74) is -0.428. The highest BCUT2D eigenvalue weighted by Crippen LogP contribution is 2.58. The highest BCUT2D eigenvalue weighted by atomic mass is 35.5. The predicted octanol–water partition coefficient (Wildman–Crippen LogP) is 4.74. The molecule has 1 unspecified atom stereocenters. The average molecular weight is 664 g/mol. The van der Waals surface area contributed by atoms with Crippen LogP contribution in [0.1, 0.15) is 35.5 Å². The third-order valence-electron chi connectivity index (χ3n) is 7.02. The molecule has 8 atom stereocenters. The van der Waals surface area contributed by atoms with Gasteiger partial charge >= 0.3 is 13.5 Å². The van der Waals surface area contributed by atoms with Crippen molar-refractivity contribution < 1.29 is 37.2 Å². The molecule has 1 amide bonds. The number of amides is 1. The fraction of sp³-hybridized carbons (Fsp3) is 0.393. The lowest BCUT2D eigenvalue weighted by Gasteiger charge is -2.28. The van der Waals surface area contributed by atoms with Crippen LogP contribution in [0.15, 0.2) is 71.7 Å². The van der Waals surface area contributed by atoms with Crippen molar-refractivity contribution in [3.63, 3.8) is 0 Å². The number of nitrogens with one attached hydrogen (secondary N) is 1. The van der Waals surface area contributed by atoms with Crippen LogP contribution in [0.25, 0.3) is 0 Å². The number of ether oxygens (including phenoxy) is 1. The van der Waals surface area contributed by atoms with Gasteiger partial charge in [0.25, 0.3) is 5.91 Å². The monoisotopic (exact) mass is 663 g/mol. The SMILES string of the molecule is [B][C@H]1C[C@H](OP(=O)(Oc2ccccc2Cl)O[C@H]2[C@H](F)[C@H](n3ccc(NC(=O)c4ccccc4)nc3=O)S[C@@H]2CC)[C@@H](CO)O1. The third-order valence-corrected chi connectivity index (χ3v) is 10.5. The molecule has 11 nitrogen and oxygen atoms in total. The Morgan fingerprint density at radius 2 is 1.95 bits per heavy atom. The lowest BCUT2D eigenvalue weighted by molar-refractivity contribution is -0.0154. The van der Waals surface area contributed by atoms with Crippen LogP contribution in [0, 0.1) is 0 Å². The molecule has 232 valence electrons. The summed E-state index contributed by atoms with van der Waals surface area (Å²) in [6.07, 6.45) is -3.35. The number of halogens is 2. The molecule has 0 saturated carbocycles. The molecule has 5 rings (SSSR count). The molecule has 0 bridgehead atoms. The summed E-state index contributed by atoms with van der Waals surface area (Å²) >= 11 is 7.34. The summed E-state index contributed by atoms with van der Waals surface area (Å²) < 4.78 is 54.2. The largest absolute Gasteiger partial charge is 0.530 e. The molecular weight excluding hydrogens is 635 g/mol. The molecule has 1 aromatic heterocycles. The molecular formula is C28H29BClFN3O8PS. The van der Waals surface area contributed by atoms with Crippen LogP contribution in [0.3, 0.4) is 0 Å². The number of para-hydroxylation sites is 1. The topological polar surface area (TPSA) is 138 Å². The highest BCUT2D eigenvalue weighted by Gasteiger charge is 2.52. The van der Waals surface area contributed by atoms with E-state index in [0.717, 1.165) is 16.3 Å². The number of carbonyl (C=O) groups excluding carboxylic acids is 1. The number of anilines is 1. The average Bonchev–Trinajstić information content (AvgIpc) is 3.51. The Bertz CT molecular complexity index is 1580. The van der Waals surface area contributed by atoms with Crippen molar-refractivity contribution >= 4 is 50.8 Å². The van der Waals surface area contributed by atoms with Crippen LogP contribution in [-0.4, -0.2) is 70.8 Å². The van der Waals surface area contributed by atoms with Crippen molar-refractivity contribution in [2.24, 2.45) is 0 Å². The first-order chi connectivity index (χ1) is 21.1. The van der Waals surface area contributed by atoms with Crippen LogP contribution in [0.4, 0.5) is 10.2 Å². The summed E-state index contributed by atoms with van der Waals surface area (Å²) in [5.74, 6) is -0.486. The van der Waals surface area contributed by atoms with E-state index in [-0.39, 0.29) is 23.0 Å². The van der Waals surface area contributed by atoms with E-state index in [4.69, 9.17) is 37.8 Å². The molecule has 2 radical (unpaired) electrons. The zero-order valence-electron chi connectivity index (χ0n) is 23.4. The van der Waals surface area contributed by atoms with Crippen LogP contribution < -0.4 is 15.5 Å². The van der Waals surface area contributed by atoms with E-state index in [9.17, 15) is 19.3 Å². The smallest absolute Gasteiger partial charge is 0.402 e. The van der Waals surface area contributed by atoms with Gasteiger partial charge in [-0.25, -0.2) is 13.8 Å². The standard InChI is InChI=1S/C28H29BClFN3O8PS/c1-2-21-25(42-43(38,40-18-11-7-6-10-17(18)30)41-19-14-22(29)39-20(19)15-35)24(31)27(44-21)34-13-12-23(33-28(34)37)32-26(36)16-8-4-3-5-9-16/h3-13,19-22,24-25,27,35H,2,14-15H2,1H3,(H,32,33,36,37)/t19-,20+,21+,22+,24-,25+,27+,43?/m0/s1. The van der Waals surface area contributed by atoms with E-state index in [1.165, 1.54) is 24.4 Å². The van der Waals surface area contributed by atoms with Gasteiger partial charge in [0.1, 0.15) is 43.1 Å². The number of hydrogen-bond acceptors (Lipinski definition) is 10. The minimum absolute atomic E-state index is 0.000168. The fourth-order valence-corrected chi connectivity index (χ4v) is 8.34. The third kappa shape index (κ3) is 7.39. The second kappa shape index (κ2) is 14.2. The molecule has 2 aromatic carbocycles. The summed E-state index contributed by atoms with van der Waals surface area (Å²) in [4.78, 5) is 29.4. The molecule has 2 aliphatic heterocycles. The van der Waals surface area contributed by atoms with Crippen molar-refractivity contribution in [2.45, 2.75) is 60.9 Å². The van der Waals surface area contributed by atoms with Gasteiger partial charge in [-0.1, -0.05) is 48.9 Å². The van der Waals surface area contributed by atoms with Crippen LogP contribution in [0.5, 0.6) is 5.75 Å². The van der Waals surface area contributed by atoms with Crippen molar-refractivity contribution in [3.05, 3.63) is 87.9 Å². The van der Waals surface area contributed by atoms with Crippen molar-refractivity contribution in [1.82, 2.24) is 9.55 Å². The van der Waals surface area contributed by atoms with Gasteiger partial charge in [-0.3, -0.25) is 18.4 Å². The number of phosphoric acid groups is 1. The lowest BCUT2D eigenvalue weighted by atomic mass is 9.96. The minimum Gasteiger partial charge on any atom is -0.402 e. The van der Waals surface area contributed by atoms with Crippen LogP contribution >= 0.6 is 31.2 Å². The van der Waals surface area contributed by atoms with Crippen LogP contribution in [0.2, 0.25) is 5.02 Å². The molecule has 0 spiro atoms. The Morgan fingerprint density at radius 1 is 1.23 bits per heavy atom. The summed E-state index contributed by atoms with van der Waals surface area (Å²) in [5, 5.41) is 10.7. The van der Waals surface area contributed by atoms with Gasteiger partial charge in [0.15, 0.2) is 6.17 Å². The zero-order chi connectivity index (χ0) is 31.4. The number of hydrogen-bond donors (Lipinski definition) is 2. The Morgan fingerprint density at radius 3 is 2.64 bits per heavy atom. The second-order valence-electron chi connectivity index (χ2n) is 10.1. The summed E-state index contributed by atoms with van der Waals surface area (Å²) in [6.45, 7) is 1.31. The summed E-state index contributed by atoms with van der Waals surface area (Å²) in [7, 11) is 1.20. The van der Waals surface area contributed by atoms with Gasteiger partial charge in [0.2, 0.25) is 0 Å². The maximum Gasteiger partial charge on any atom is 0.530 e. The normalized spacial score (nSPS) is 28.0. The minimum atomic E-state index is -4.65. The van der Waals surface area contributed by atoms with Crippen LogP contribution in [-0.2, 0) is 18.3 Å². The molecule has 2 N–H and O–H groups in total. The van der Waals surface area contributed by atoms with E-state index in [1.807, 2.05) is 0 Å². The molecule has 0 aliphatic carbocycles. The first kappa shape index (κ1) is 32.7. The van der Waals surface area contributed by atoms with E-state index in [0.29, 0.717) is 12.0 Å². The van der Waals surface area contributed by atoms with Crippen molar-refractivity contribution in [2.75, 3.05) is 11.9 Å². The Hall–Kier alpha value is -2.71. The lowest BCUT2D eigenvalue weighted by Crippen LogP contribution is -2.35. The molecule has 2 aliphatic rings. The molecule has 3 heterocycles. The second-order valence-corrected chi connectivity index (χ2v) is 13.3. The predicted molar refractivity (Wildman–Crippen MR) is 164 cm³/mol. The Kier molecular flexibility index (Phi) is 10.5. The maximum atomic E-state index is 16.2. The molecule has 2 saturated heterocycles. The number of aromatic nitrogens is 2. The number of phosphoric ester groups is 1. The molecule has 2 fully saturated rings. The fourth-order valence-electron chi connectivity index (χ4n) is 4.87. The molecule has 3 aromatic rings. The van der Waals surface area contributed by atoms with Gasteiger partial charge < -0.3 is 19.7 Å². The van der Waals surface area contributed by atoms with E-state index in [2.05, 4.69) is 10.3 Å². The summed E-state index contributed by atoms with van der Waals surface area (Å²) in [6, 6.07) is 15.2. The van der Waals surface area contributed by atoms with Gasteiger partial charge in [-0.05, 0) is 43.2 Å². The van der Waals surface area contributed by atoms with Crippen molar-refractivity contribution in [1.29, 1.82) is 0 Å². The number of carbonyl (C=O) groups is 1. The highest BCUT2D eigenvalue weighted by molar-refractivity contribution is 8.00. The first-order valence-electron chi connectivity index (χ1n) is 13.8. The van der Waals surface area contributed by atoms with E-state index in [1.54, 1.807) is 49.4 Å². The molecule has 16 heteroatoms. The number of benzene rings is 2. The number of aliphatic hydroxyl groups excluding tert-OH is 1. The van der Waals surface area contributed by atoms with E-state index < -0.39 is 67.1 Å². The van der Waals surface area contributed by atoms with Gasteiger partial charge in [-0.2, -0.15) is 4.98 Å². The van der Waals surface area contributed by atoms with Gasteiger partial charge in [-0.15, -0.1) is 11.8 Å². The van der Waals surface area contributed by atoms with Gasteiger partial charge in [0.05, 0.1) is 11.6 Å². The number of alkyl halides is 1. The maximum absolute atomic E-state index is 16.2. The first-order valence-corrected chi connectivity index (χ1v) is 16.6. The quantitative estimate of drug-likeness (QED) is 0.219. The van der Waals surface area contributed by atoms with Gasteiger partial charge in [0, 0.05) is 23.0 Å². The van der Waals surface area contributed by atoms with E-state index >= 15 is 4.39 Å².